The van der Waals surface area contributed by atoms with Crippen LogP contribution in [-0.2, 0) is 9.84 Å². The monoisotopic (exact) mass is 398 g/mol. The van der Waals surface area contributed by atoms with Crippen molar-refractivity contribution in [2.24, 2.45) is 0 Å². The molecular weight excluding hydrogens is 380 g/mol. The van der Waals surface area contributed by atoms with E-state index in [1.54, 1.807) is 29.7 Å². The number of sulfone groups is 1. The summed E-state index contributed by atoms with van der Waals surface area (Å²) in [7, 11) is -3.00. The fourth-order valence-electron chi connectivity index (χ4n) is 3.19. The highest BCUT2D eigenvalue weighted by Gasteiger charge is 2.24. The molecule has 0 aliphatic carbocycles. The van der Waals surface area contributed by atoms with Crippen molar-refractivity contribution in [3.8, 4) is 11.4 Å². The lowest BCUT2D eigenvalue weighted by molar-refractivity contribution is 0.0706. The van der Waals surface area contributed by atoms with Crippen LogP contribution in [0.15, 0.2) is 48.5 Å². The molecule has 1 aliphatic rings. The number of nitrogens with zero attached hydrogens (tertiary/aromatic N) is 3. The normalized spacial score (nSPS) is 16.1. The zero-order chi connectivity index (χ0) is 19.7. The van der Waals surface area contributed by atoms with Gasteiger partial charge in [-0.3, -0.25) is 10.0 Å². The number of benzene rings is 2. The van der Waals surface area contributed by atoms with Crippen molar-refractivity contribution in [1.29, 1.82) is 0 Å². The Hall–Kier alpha value is -3.04. The number of para-hydroxylation sites is 1. The minimum atomic E-state index is -3.00. The van der Waals surface area contributed by atoms with Gasteiger partial charge in [0.2, 0.25) is 0 Å². The molecule has 0 atom stereocenters. The number of hydrogen-bond acceptors (Lipinski definition) is 7. The van der Waals surface area contributed by atoms with E-state index in [1.807, 2.05) is 29.2 Å². The fraction of sp³-hybridized carbons (Fsp3) is 0.211. The summed E-state index contributed by atoms with van der Waals surface area (Å²) in [6.07, 6.45) is 0. The third kappa shape index (κ3) is 3.54. The Morgan fingerprint density at radius 1 is 1.00 bits per heavy atom. The average molecular weight is 398 g/mol. The Morgan fingerprint density at radius 2 is 1.68 bits per heavy atom. The Kier molecular flexibility index (Phi) is 4.70. The molecule has 9 heteroatoms. The summed E-state index contributed by atoms with van der Waals surface area (Å²) in [5.74, 6) is 0.795. The first-order chi connectivity index (χ1) is 13.5. The molecule has 0 bridgehead atoms. The smallest absolute Gasteiger partial charge is 0.274 e. The molecule has 28 heavy (non-hydrogen) atoms. The molecule has 2 aromatic carbocycles. The summed E-state index contributed by atoms with van der Waals surface area (Å²) in [6.45, 7) is 0.775. The van der Waals surface area contributed by atoms with Crippen LogP contribution >= 0.6 is 0 Å². The predicted octanol–water partition coefficient (Wildman–Crippen LogP) is 1.65. The summed E-state index contributed by atoms with van der Waals surface area (Å²) in [4.78, 5) is 22.8. The Labute approximate surface area is 161 Å². The van der Waals surface area contributed by atoms with Gasteiger partial charge in [-0.1, -0.05) is 24.3 Å². The molecule has 1 amide bonds. The summed E-state index contributed by atoms with van der Waals surface area (Å²) in [6, 6.07) is 14.2. The van der Waals surface area contributed by atoms with Crippen molar-refractivity contribution in [3.63, 3.8) is 0 Å². The maximum Gasteiger partial charge on any atom is 0.274 e. The standard InChI is InChI=1S/C19H18N4O4S/c24-19(22-25)14-7-5-13(6-8-14)17-20-16-4-2-1-3-15(16)18(21-17)23-9-11-28(26,27)12-10-23/h1-8,25H,9-12H2,(H,22,24). The molecule has 0 saturated carbocycles. The summed E-state index contributed by atoms with van der Waals surface area (Å²) in [5, 5.41) is 9.60. The summed E-state index contributed by atoms with van der Waals surface area (Å²) in [5.41, 5.74) is 3.38. The van der Waals surface area contributed by atoms with Crippen LogP contribution in [0.2, 0.25) is 0 Å². The highest BCUT2D eigenvalue weighted by Crippen LogP contribution is 2.28. The maximum atomic E-state index is 11.8. The average Bonchev–Trinajstić information content (AvgIpc) is 2.72. The van der Waals surface area contributed by atoms with Gasteiger partial charge in [0.1, 0.15) is 5.82 Å². The molecule has 8 nitrogen and oxygen atoms in total. The molecule has 1 aliphatic heterocycles. The van der Waals surface area contributed by atoms with Gasteiger partial charge in [-0.2, -0.15) is 0 Å². The number of hydroxylamine groups is 1. The van der Waals surface area contributed by atoms with Gasteiger partial charge in [-0.25, -0.2) is 23.9 Å². The molecule has 4 rings (SSSR count). The molecule has 1 aromatic heterocycles. The first kappa shape index (κ1) is 18.3. The van der Waals surface area contributed by atoms with Gasteiger partial charge in [0.25, 0.3) is 5.91 Å². The van der Waals surface area contributed by atoms with E-state index in [0.717, 1.165) is 10.9 Å². The number of nitrogens with one attached hydrogen (secondary N) is 1. The minimum absolute atomic E-state index is 0.103. The Morgan fingerprint density at radius 3 is 2.36 bits per heavy atom. The maximum absolute atomic E-state index is 11.8. The zero-order valence-corrected chi connectivity index (χ0v) is 15.7. The van der Waals surface area contributed by atoms with Crippen LogP contribution in [0.5, 0.6) is 0 Å². The van der Waals surface area contributed by atoms with Gasteiger partial charge in [0, 0.05) is 29.6 Å². The van der Waals surface area contributed by atoms with Crippen molar-refractivity contribution < 1.29 is 18.4 Å². The second kappa shape index (κ2) is 7.17. The third-order valence-electron chi connectivity index (χ3n) is 4.73. The number of rotatable bonds is 3. The minimum Gasteiger partial charge on any atom is -0.354 e. The van der Waals surface area contributed by atoms with Gasteiger partial charge in [0.05, 0.1) is 17.0 Å². The highest BCUT2D eigenvalue weighted by molar-refractivity contribution is 7.91. The Balaban J connectivity index is 1.77. The number of fused-ring (bicyclic) bond motifs is 1. The fourth-order valence-corrected chi connectivity index (χ4v) is 4.39. The number of anilines is 1. The molecule has 0 radical (unpaired) electrons. The van der Waals surface area contributed by atoms with Crippen LogP contribution in [0.1, 0.15) is 10.4 Å². The lowest BCUT2D eigenvalue weighted by Gasteiger charge is -2.28. The molecule has 144 valence electrons. The van der Waals surface area contributed by atoms with Crippen LogP contribution in [-0.4, -0.2) is 54.1 Å². The van der Waals surface area contributed by atoms with Crippen LogP contribution in [0.25, 0.3) is 22.3 Å². The molecule has 0 spiro atoms. The van der Waals surface area contributed by atoms with Crippen molar-refractivity contribution in [3.05, 3.63) is 54.1 Å². The predicted molar refractivity (Wildman–Crippen MR) is 105 cm³/mol. The van der Waals surface area contributed by atoms with Gasteiger partial charge in [-0.15, -0.1) is 0 Å². The van der Waals surface area contributed by atoms with Crippen molar-refractivity contribution in [2.45, 2.75) is 0 Å². The van der Waals surface area contributed by atoms with Crippen LogP contribution in [0, 0.1) is 0 Å². The van der Waals surface area contributed by atoms with E-state index in [1.165, 1.54) is 0 Å². The molecule has 3 aromatic rings. The van der Waals surface area contributed by atoms with E-state index in [4.69, 9.17) is 10.2 Å². The summed E-state index contributed by atoms with van der Waals surface area (Å²) >= 11 is 0. The largest absolute Gasteiger partial charge is 0.354 e. The van der Waals surface area contributed by atoms with E-state index < -0.39 is 15.7 Å². The third-order valence-corrected chi connectivity index (χ3v) is 6.34. The number of amides is 1. The van der Waals surface area contributed by atoms with E-state index in [2.05, 4.69) is 4.98 Å². The molecule has 1 saturated heterocycles. The van der Waals surface area contributed by atoms with Crippen LogP contribution < -0.4 is 10.4 Å². The molecule has 2 N–H and O–H groups in total. The second-order valence-electron chi connectivity index (χ2n) is 6.55. The van der Waals surface area contributed by atoms with Gasteiger partial charge in [-0.05, 0) is 24.3 Å². The highest BCUT2D eigenvalue weighted by atomic mass is 32.2. The van der Waals surface area contributed by atoms with Crippen LogP contribution in [0.4, 0.5) is 5.82 Å². The van der Waals surface area contributed by atoms with E-state index in [0.29, 0.717) is 35.9 Å². The molecule has 2 heterocycles. The topological polar surface area (TPSA) is 112 Å². The van der Waals surface area contributed by atoms with E-state index >= 15 is 0 Å². The molecule has 0 unspecified atom stereocenters. The number of hydrogen-bond donors (Lipinski definition) is 2. The summed E-state index contributed by atoms with van der Waals surface area (Å²) < 4.78 is 23.6. The van der Waals surface area contributed by atoms with Gasteiger partial charge >= 0.3 is 0 Å². The van der Waals surface area contributed by atoms with Crippen molar-refractivity contribution >= 4 is 32.5 Å². The lowest BCUT2D eigenvalue weighted by Crippen LogP contribution is -2.40. The molecule has 1 fully saturated rings. The van der Waals surface area contributed by atoms with Crippen LogP contribution in [0.3, 0.4) is 0 Å². The van der Waals surface area contributed by atoms with Crippen molar-refractivity contribution in [1.82, 2.24) is 15.4 Å². The van der Waals surface area contributed by atoms with Crippen molar-refractivity contribution in [2.75, 3.05) is 29.5 Å². The van der Waals surface area contributed by atoms with Gasteiger partial charge < -0.3 is 4.90 Å². The number of carbonyl (C=O) groups is 1. The Bertz CT molecular complexity index is 1130. The quantitative estimate of drug-likeness (QED) is 0.509. The number of carbonyl (C=O) groups excluding carboxylic acids is 1. The SMILES string of the molecule is O=C(NO)c1ccc(-c2nc(N3CCS(=O)(=O)CC3)c3ccccc3n2)cc1. The van der Waals surface area contributed by atoms with Gasteiger partial charge in [0.15, 0.2) is 15.7 Å². The number of aromatic nitrogens is 2. The first-order valence-corrected chi connectivity index (χ1v) is 10.6. The zero-order valence-electron chi connectivity index (χ0n) is 14.9. The van der Waals surface area contributed by atoms with E-state index in [9.17, 15) is 13.2 Å². The second-order valence-corrected chi connectivity index (χ2v) is 8.85. The first-order valence-electron chi connectivity index (χ1n) is 8.74. The lowest BCUT2D eigenvalue weighted by atomic mass is 10.1. The molecular formula is C19H18N4O4S. The van der Waals surface area contributed by atoms with E-state index in [-0.39, 0.29) is 11.5 Å².